The molecule has 0 saturated heterocycles. The Morgan fingerprint density at radius 3 is 1.78 bits per heavy atom. The van der Waals surface area contributed by atoms with Crippen molar-refractivity contribution >= 4 is 11.0 Å². The van der Waals surface area contributed by atoms with Crippen LogP contribution in [0.15, 0.2) is 48.5 Å². The van der Waals surface area contributed by atoms with Crippen LogP contribution in [-0.2, 0) is 6.54 Å². The number of imidazole rings is 1. The highest BCUT2D eigenvalue weighted by Gasteiger charge is 2.19. The molecule has 1 heterocycles. The Labute approximate surface area is 185 Å². The minimum Gasteiger partial charge on any atom is -0.502 e. The van der Waals surface area contributed by atoms with Crippen molar-refractivity contribution in [2.75, 3.05) is 28.4 Å². The Kier molecular flexibility index (Phi) is 5.68. The van der Waals surface area contributed by atoms with Gasteiger partial charge in [0.05, 0.1) is 39.5 Å². The van der Waals surface area contributed by atoms with Gasteiger partial charge in [0.1, 0.15) is 5.82 Å². The van der Waals surface area contributed by atoms with Crippen LogP contribution in [-0.4, -0.2) is 48.2 Å². The van der Waals surface area contributed by atoms with E-state index < -0.39 is 0 Å². The van der Waals surface area contributed by atoms with E-state index in [0.717, 1.165) is 16.6 Å². The van der Waals surface area contributed by atoms with Crippen molar-refractivity contribution in [1.29, 1.82) is 0 Å². The topological polar surface area (TPSA) is 95.2 Å². The highest BCUT2D eigenvalue weighted by Crippen LogP contribution is 2.41. The van der Waals surface area contributed by atoms with E-state index in [1.54, 1.807) is 24.3 Å². The summed E-state index contributed by atoms with van der Waals surface area (Å²) < 4.78 is 23.3. The number of aromatic nitrogens is 2. The zero-order valence-corrected chi connectivity index (χ0v) is 18.2. The lowest BCUT2D eigenvalue weighted by Gasteiger charge is -2.15. The fourth-order valence-electron chi connectivity index (χ4n) is 3.70. The van der Waals surface area contributed by atoms with Crippen LogP contribution >= 0.6 is 0 Å². The van der Waals surface area contributed by atoms with Crippen LogP contribution in [0.1, 0.15) is 5.56 Å². The van der Waals surface area contributed by atoms with E-state index in [-0.39, 0.29) is 23.0 Å². The largest absolute Gasteiger partial charge is 0.502 e. The van der Waals surface area contributed by atoms with Crippen LogP contribution < -0.4 is 18.9 Å². The minimum atomic E-state index is -0.0746. The molecule has 0 radical (unpaired) electrons. The third-order valence-corrected chi connectivity index (χ3v) is 5.27. The van der Waals surface area contributed by atoms with Crippen molar-refractivity contribution in [3.8, 4) is 45.9 Å². The average Bonchev–Trinajstić information content (AvgIpc) is 3.18. The number of hydrogen-bond donors (Lipinski definition) is 2. The maximum absolute atomic E-state index is 10.3. The number of benzene rings is 3. The second kappa shape index (κ2) is 8.58. The number of rotatable bonds is 7. The van der Waals surface area contributed by atoms with Gasteiger partial charge in [0, 0.05) is 12.1 Å². The predicted octanol–water partition coefficient (Wildman–Crippen LogP) is 4.20. The van der Waals surface area contributed by atoms with Crippen LogP contribution in [0.5, 0.6) is 34.5 Å². The number of nitrogens with zero attached hydrogens (tertiary/aromatic N) is 2. The van der Waals surface area contributed by atoms with Crippen molar-refractivity contribution in [1.82, 2.24) is 9.55 Å². The van der Waals surface area contributed by atoms with Gasteiger partial charge in [0.2, 0.25) is 11.5 Å². The Bertz CT molecular complexity index is 1230. The molecule has 8 heteroatoms. The molecule has 0 unspecified atom stereocenters. The number of phenols is 2. The van der Waals surface area contributed by atoms with Crippen molar-refractivity contribution in [3.05, 3.63) is 54.1 Å². The molecule has 0 bridgehead atoms. The van der Waals surface area contributed by atoms with Gasteiger partial charge < -0.3 is 33.7 Å². The number of phenolic OH excluding ortho intramolecular Hbond substituents is 2. The minimum absolute atomic E-state index is 0.0533. The van der Waals surface area contributed by atoms with Gasteiger partial charge in [-0.15, -0.1) is 0 Å². The lowest BCUT2D eigenvalue weighted by atomic mass is 10.1. The molecule has 3 aromatic carbocycles. The van der Waals surface area contributed by atoms with Crippen LogP contribution in [0.2, 0.25) is 0 Å². The van der Waals surface area contributed by atoms with Crippen molar-refractivity contribution in [2.45, 2.75) is 6.54 Å². The monoisotopic (exact) mass is 436 g/mol. The lowest BCUT2D eigenvalue weighted by Crippen LogP contribution is -2.04. The van der Waals surface area contributed by atoms with Crippen LogP contribution in [0.25, 0.3) is 22.4 Å². The summed E-state index contributed by atoms with van der Waals surface area (Å²) in [5.74, 6) is 1.74. The smallest absolute Gasteiger partial charge is 0.200 e. The summed E-state index contributed by atoms with van der Waals surface area (Å²) in [7, 11) is 5.95. The second-order valence-corrected chi connectivity index (χ2v) is 7.09. The van der Waals surface area contributed by atoms with Crippen LogP contribution in [0.3, 0.4) is 0 Å². The molecule has 8 nitrogen and oxygen atoms in total. The molecule has 0 fully saturated rings. The predicted molar refractivity (Wildman–Crippen MR) is 120 cm³/mol. The summed E-state index contributed by atoms with van der Waals surface area (Å²) in [6.07, 6.45) is 0. The molecule has 2 N–H and O–H groups in total. The molecule has 0 aliphatic heterocycles. The summed E-state index contributed by atoms with van der Waals surface area (Å²) in [5, 5.41) is 20.6. The van der Waals surface area contributed by atoms with Crippen LogP contribution in [0, 0.1) is 0 Å². The van der Waals surface area contributed by atoms with E-state index in [9.17, 15) is 10.2 Å². The second-order valence-electron chi connectivity index (χ2n) is 7.09. The first kappa shape index (κ1) is 21.2. The van der Waals surface area contributed by atoms with Crippen molar-refractivity contribution in [3.63, 3.8) is 0 Å². The van der Waals surface area contributed by atoms with Gasteiger partial charge in [-0.1, -0.05) is 12.1 Å². The fraction of sp³-hybridized carbons (Fsp3) is 0.208. The van der Waals surface area contributed by atoms with Crippen LogP contribution in [0.4, 0.5) is 0 Å². The maximum atomic E-state index is 10.3. The zero-order valence-electron chi connectivity index (χ0n) is 18.2. The van der Waals surface area contributed by atoms with E-state index in [0.29, 0.717) is 29.4 Å². The Balaban J connectivity index is 1.91. The molecular weight excluding hydrogens is 412 g/mol. The van der Waals surface area contributed by atoms with Gasteiger partial charge in [-0.25, -0.2) is 4.98 Å². The van der Waals surface area contributed by atoms with E-state index >= 15 is 0 Å². The lowest BCUT2D eigenvalue weighted by molar-refractivity contribution is 0.339. The Morgan fingerprint density at radius 1 is 0.750 bits per heavy atom. The Morgan fingerprint density at radius 2 is 1.25 bits per heavy atom. The van der Waals surface area contributed by atoms with E-state index in [1.807, 2.05) is 28.8 Å². The Hall–Kier alpha value is -4.07. The molecule has 32 heavy (non-hydrogen) atoms. The maximum Gasteiger partial charge on any atom is 0.200 e. The molecule has 0 spiro atoms. The molecule has 166 valence electrons. The molecule has 4 aromatic rings. The van der Waals surface area contributed by atoms with Gasteiger partial charge >= 0.3 is 0 Å². The first-order valence-corrected chi connectivity index (χ1v) is 9.85. The molecule has 1 aromatic heterocycles. The summed E-state index contributed by atoms with van der Waals surface area (Å²) in [6, 6.07) is 14.7. The number of aromatic hydroxyl groups is 2. The quantitative estimate of drug-likeness (QED) is 0.448. The van der Waals surface area contributed by atoms with E-state index in [4.69, 9.17) is 23.9 Å². The number of fused-ring (bicyclic) bond motifs is 1. The first-order valence-electron chi connectivity index (χ1n) is 9.85. The fourth-order valence-corrected chi connectivity index (χ4v) is 3.70. The molecule has 0 amide bonds. The molecular formula is C24H24N2O6. The van der Waals surface area contributed by atoms with Crippen molar-refractivity contribution in [2.24, 2.45) is 0 Å². The summed E-state index contributed by atoms with van der Waals surface area (Å²) in [5.41, 5.74) is 3.29. The summed E-state index contributed by atoms with van der Waals surface area (Å²) in [4.78, 5) is 4.82. The number of para-hydroxylation sites is 2. The highest BCUT2D eigenvalue weighted by atomic mass is 16.5. The van der Waals surface area contributed by atoms with Gasteiger partial charge in [0.25, 0.3) is 0 Å². The first-order chi connectivity index (χ1) is 15.5. The molecule has 0 atom stereocenters. The molecule has 4 rings (SSSR count). The number of ether oxygens (including phenoxy) is 4. The van der Waals surface area contributed by atoms with Crippen molar-refractivity contribution < 1.29 is 29.2 Å². The zero-order chi connectivity index (χ0) is 22.8. The third-order valence-electron chi connectivity index (χ3n) is 5.27. The standard InChI is InChI=1S/C24H24N2O6/c1-29-18-9-14(10-19(30-2)22(18)27)13-26-17-8-6-5-7-16(17)25-24(26)15-11-20(31-3)23(28)21(12-15)32-4/h5-12,27-28H,13H2,1-4H3. The van der Waals surface area contributed by atoms with Gasteiger partial charge in [-0.3, -0.25) is 0 Å². The molecule has 0 saturated carbocycles. The molecule has 0 aliphatic rings. The van der Waals surface area contributed by atoms with E-state index in [1.165, 1.54) is 28.4 Å². The van der Waals surface area contributed by atoms with Gasteiger partial charge in [-0.05, 0) is 42.0 Å². The number of methoxy groups -OCH3 is 4. The normalized spacial score (nSPS) is 10.9. The van der Waals surface area contributed by atoms with E-state index in [2.05, 4.69) is 0 Å². The SMILES string of the molecule is COc1cc(Cn2c(-c3cc(OC)c(O)c(OC)c3)nc3ccccc32)cc(OC)c1O. The summed E-state index contributed by atoms with van der Waals surface area (Å²) in [6.45, 7) is 0.425. The third kappa shape index (κ3) is 3.60. The van der Waals surface area contributed by atoms with Gasteiger partial charge in [0.15, 0.2) is 23.0 Å². The van der Waals surface area contributed by atoms with Gasteiger partial charge in [-0.2, -0.15) is 0 Å². The summed E-state index contributed by atoms with van der Waals surface area (Å²) >= 11 is 0. The highest BCUT2D eigenvalue weighted by molar-refractivity contribution is 5.82. The average molecular weight is 436 g/mol. The molecule has 0 aliphatic carbocycles. The number of hydrogen-bond acceptors (Lipinski definition) is 7.